The van der Waals surface area contributed by atoms with E-state index in [9.17, 15) is 0 Å². The van der Waals surface area contributed by atoms with Crippen LogP contribution in [0.25, 0.3) is 0 Å². The quantitative estimate of drug-likeness (QED) is 0.882. The molecule has 1 aliphatic heterocycles. The SMILES string of the molecule is CC(C)Oc1ccccc1N(C)CC1CCCCN1. The summed E-state index contributed by atoms with van der Waals surface area (Å²) >= 11 is 0. The molecule has 2 rings (SSSR count). The van der Waals surface area contributed by atoms with Crippen molar-refractivity contribution in [2.45, 2.75) is 45.3 Å². The lowest BCUT2D eigenvalue weighted by Gasteiger charge is -2.30. The van der Waals surface area contributed by atoms with Gasteiger partial charge in [-0.3, -0.25) is 0 Å². The third kappa shape index (κ3) is 4.13. The maximum atomic E-state index is 5.89. The molecule has 1 aromatic carbocycles. The van der Waals surface area contributed by atoms with Gasteiger partial charge in [0.25, 0.3) is 0 Å². The molecule has 1 saturated heterocycles. The number of hydrogen-bond donors (Lipinski definition) is 1. The molecule has 3 nitrogen and oxygen atoms in total. The Hall–Kier alpha value is -1.22. The molecule has 1 fully saturated rings. The zero-order valence-electron chi connectivity index (χ0n) is 12.4. The Kier molecular flexibility index (Phi) is 5.08. The van der Waals surface area contributed by atoms with Crippen molar-refractivity contribution in [2.75, 3.05) is 25.0 Å². The molecular formula is C16H26N2O. The minimum absolute atomic E-state index is 0.211. The topological polar surface area (TPSA) is 24.5 Å². The maximum Gasteiger partial charge on any atom is 0.142 e. The van der Waals surface area contributed by atoms with Gasteiger partial charge in [-0.15, -0.1) is 0 Å². The number of ether oxygens (including phenoxy) is 1. The summed E-state index contributed by atoms with van der Waals surface area (Å²) in [4.78, 5) is 2.31. The highest BCUT2D eigenvalue weighted by molar-refractivity contribution is 5.58. The molecule has 0 saturated carbocycles. The van der Waals surface area contributed by atoms with Crippen LogP contribution < -0.4 is 15.0 Å². The molecule has 1 aliphatic rings. The zero-order chi connectivity index (χ0) is 13.7. The molecule has 1 unspecified atom stereocenters. The number of likely N-dealkylation sites (N-methyl/N-ethyl adjacent to an activating group) is 1. The molecule has 0 radical (unpaired) electrons. The first kappa shape index (κ1) is 14.2. The molecule has 0 aromatic heterocycles. The van der Waals surface area contributed by atoms with Crippen molar-refractivity contribution in [3.8, 4) is 5.75 Å². The van der Waals surface area contributed by atoms with Crippen LogP contribution in [0.15, 0.2) is 24.3 Å². The molecule has 0 spiro atoms. The van der Waals surface area contributed by atoms with Gasteiger partial charge in [0.15, 0.2) is 0 Å². The van der Waals surface area contributed by atoms with Gasteiger partial charge in [-0.05, 0) is 45.4 Å². The van der Waals surface area contributed by atoms with Crippen molar-refractivity contribution in [2.24, 2.45) is 0 Å². The average Bonchev–Trinajstić information content (AvgIpc) is 2.39. The second-order valence-electron chi connectivity index (χ2n) is 5.66. The number of anilines is 1. The predicted octanol–water partition coefficient (Wildman–Crippen LogP) is 3.05. The van der Waals surface area contributed by atoms with Crippen molar-refractivity contribution in [1.82, 2.24) is 5.32 Å². The lowest BCUT2D eigenvalue weighted by atomic mass is 10.0. The summed E-state index contributed by atoms with van der Waals surface area (Å²) in [5.74, 6) is 0.982. The van der Waals surface area contributed by atoms with Crippen molar-refractivity contribution in [3.63, 3.8) is 0 Å². The molecular weight excluding hydrogens is 236 g/mol. The van der Waals surface area contributed by atoms with Gasteiger partial charge in [-0.2, -0.15) is 0 Å². The monoisotopic (exact) mass is 262 g/mol. The van der Waals surface area contributed by atoms with Crippen molar-refractivity contribution >= 4 is 5.69 Å². The van der Waals surface area contributed by atoms with Crippen LogP contribution in [0, 0.1) is 0 Å². The molecule has 0 amide bonds. The Bertz CT molecular complexity index is 386. The van der Waals surface area contributed by atoms with Crippen molar-refractivity contribution in [3.05, 3.63) is 24.3 Å². The van der Waals surface area contributed by atoms with Gasteiger partial charge in [0.1, 0.15) is 5.75 Å². The van der Waals surface area contributed by atoms with E-state index >= 15 is 0 Å². The molecule has 0 bridgehead atoms. The van der Waals surface area contributed by atoms with Crippen LogP contribution in [-0.4, -0.2) is 32.3 Å². The number of hydrogen-bond acceptors (Lipinski definition) is 3. The number of para-hydroxylation sites is 2. The van der Waals surface area contributed by atoms with Crippen LogP contribution in [0.4, 0.5) is 5.69 Å². The Labute approximate surface area is 116 Å². The van der Waals surface area contributed by atoms with E-state index in [1.807, 2.05) is 6.07 Å². The Balaban J connectivity index is 2.02. The molecule has 106 valence electrons. The molecule has 1 atom stereocenters. The highest BCUT2D eigenvalue weighted by atomic mass is 16.5. The van der Waals surface area contributed by atoms with Gasteiger partial charge in [0.05, 0.1) is 11.8 Å². The van der Waals surface area contributed by atoms with E-state index in [1.165, 1.54) is 24.9 Å². The fraction of sp³-hybridized carbons (Fsp3) is 0.625. The summed E-state index contributed by atoms with van der Waals surface area (Å²) < 4.78 is 5.89. The molecule has 1 heterocycles. The summed E-state index contributed by atoms with van der Waals surface area (Å²) in [6.45, 7) is 6.33. The molecule has 1 N–H and O–H groups in total. The summed E-state index contributed by atoms with van der Waals surface area (Å²) in [6, 6.07) is 8.91. The van der Waals surface area contributed by atoms with Crippen molar-refractivity contribution in [1.29, 1.82) is 0 Å². The minimum Gasteiger partial charge on any atom is -0.489 e. The van der Waals surface area contributed by atoms with Crippen LogP contribution in [0.1, 0.15) is 33.1 Å². The van der Waals surface area contributed by atoms with E-state index in [-0.39, 0.29) is 6.10 Å². The number of nitrogens with one attached hydrogen (secondary N) is 1. The number of nitrogens with zero attached hydrogens (tertiary/aromatic N) is 1. The fourth-order valence-electron chi connectivity index (χ4n) is 2.63. The van der Waals surface area contributed by atoms with Crippen molar-refractivity contribution < 1.29 is 4.74 Å². The largest absolute Gasteiger partial charge is 0.489 e. The van der Waals surface area contributed by atoms with Gasteiger partial charge in [-0.25, -0.2) is 0 Å². The zero-order valence-corrected chi connectivity index (χ0v) is 12.4. The lowest BCUT2D eigenvalue weighted by molar-refractivity contribution is 0.243. The Morgan fingerprint density at radius 3 is 2.79 bits per heavy atom. The highest BCUT2D eigenvalue weighted by Gasteiger charge is 2.16. The van der Waals surface area contributed by atoms with Gasteiger partial charge in [-0.1, -0.05) is 18.6 Å². The van der Waals surface area contributed by atoms with E-state index in [2.05, 4.69) is 49.3 Å². The number of piperidine rings is 1. The molecule has 3 heteroatoms. The number of rotatable bonds is 5. The number of benzene rings is 1. The van der Waals surface area contributed by atoms with Crippen LogP contribution in [0.5, 0.6) is 5.75 Å². The van der Waals surface area contributed by atoms with Gasteiger partial charge >= 0.3 is 0 Å². The Morgan fingerprint density at radius 2 is 2.11 bits per heavy atom. The smallest absolute Gasteiger partial charge is 0.142 e. The first-order valence-corrected chi connectivity index (χ1v) is 7.37. The van der Waals surface area contributed by atoms with Gasteiger partial charge in [0.2, 0.25) is 0 Å². The van der Waals surface area contributed by atoms with E-state index in [4.69, 9.17) is 4.74 Å². The molecule has 0 aliphatic carbocycles. The summed E-state index contributed by atoms with van der Waals surface area (Å²) in [6.07, 6.45) is 4.14. The molecule has 19 heavy (non-hydrogen) atoms. The third-order valence-electron chi connectivity index (χ3n) is 3.55. The average molecular weight is 262 g/mol. The van der Waals surface area contributed by atoms with Crippen LogP contribution in [-0.2, 0) is 0 Å². The molecule has 1 aromatic rings. The summed E-state index contributed by atoms with van der Waals surface area (Å²) in [5, 5.41) is 3.60. The summed E-state index contributed by atoms with van der Waals surface area (Å²) in [5.41, 5.74) is 1.18. The first-order chi connectivity index (χ1) is 9.16. The van der Waals surface area contributed by atoms with E-state index in [0.717, 1.165) is 18.8 Å². The Morgan fingerprint density at radius 1 is 1.32 bits per heavy atom. The second-order valence-corrected chi connectivity index (χ2v) is 5.66. The minimum atomic E-state index is 0.211. The van der Waals surface area contributed by atoms with E-state index < -0.39 is 0 Å². The van der Waals surface area contributed by atoms with Crippen LogP contribution in [0.2, 0.25) is 0 Å². The third-order valence-corrected chi connectivity index (χ3v) is 3.55. The summed E-state index contributed by atoms with van der Waals surface area (Å²) in [7, 11) is 2.15. The second kappa shape index (κ2) is 6.80. The predicted molar refractivity (Wildman–Crippen MR) is 81.1 cm³/mol. The highest BCUT2D eigenvalue weighted by Crippen LogP contribution is 2.28. The van der Waals surface area contributed by atoms with Crippen LogP contribution >= 0.6 is 0 Å². The van der Waals surface area contributed by atoms with E-state index in [0.29, 0.717) is 6.04 Å². The standard InChI is InChI=1S/C16H26N2O/c1-13(2)19-16-10-5-4-9-15(16)18(3)12-14-8-6-7-11-17-14/h4-5,9-10,13-14,17H,6-8,11-12H2,1-3H3. The normalized spacial score (nSPS) is 19.5. The fourth-order valence-corrected chi connectivity index (χ4v) is 2.63. The van der Waals surface area contributed by atoms with Gasteiger partial charge < -0.3 is 15.0 Å². The van der Waals surface area contributed by atoms with Gasteiger partial charge in [0, 0.05) is 19.6 Å². The van der Waals surface area contributed by atoms with Crippen LogP contribution in [0.3, 0.4) is 0 Å². The maximum absolute atomic E-state index is 5.89. The first-order valence-electron chi connectivity index (χ1n) is 7.37. The van der Waals surface area contributed by atoms with E-state index in [1.54, 1.807) is 0 Å². The lowest BCUT2D eigenvalue weighted by Crippen LogP contribution is -2.42.